The highest BCUT2D eigenvalue weighted by Gasteiger charge is 2.48. The van der Waals surface area contributed by atoms with E-state index in [1.165, 1.54) is 19.2 Å². The maximum absolute atomic E-state index is 12.4. The van der Waals surface area contributed by atoms with Crippen molar-refractivity contribution in [3.05, 3.63) is 33.8 Å². The van der Waals surface area contributed by atoms with Crippen LogP contribution in [-0.2, 0) is 19.7 Å². The van der Waals surface area contributed by atoms with Crippen LogP contribution in [0.5, 0.6) is 0 Å². The number of carbonyl (C=O) groups excluding carboxylic acids is 2. The summed E-state index contributed by atoms with van der Waals surface area (Å²) < 4.78 is 31.2. The van der Waals surface area contributed by atoms with Gasteiger partial charge in [-0.15, -0.1) is 0 Å². The van der Waals surface area contributed by atoms with Crippen LogP contribution in [0.2, 0.25) is 10.0 Å². The average Bonchev–Trinajstić information content (AvgIpc) is 2.65. The number of halogens is 2. The summed E-state index contributed by atoms with van der Waals surface area (Å²) in [6, 6.07) is 3.65. The molecule has 7 nitrogen and oxygen atoms in total. The van der Waals surface area contributed by atoms with E-state index in [4.69, 9.17) is 27.9 Å². The number of hydrogen-bond acceptors (Lipinski definition) is 5. The first-order valence-electron chi connectivity index (χ1n) is 7.48. The Morgan fingerprint density at radius 1 is 1.28 bits per heavy atom. The molecule has 1 atom stereocenters. The highest BCUT2D eigenvalue weighted by Crippen LogP contribution is 2.28. The van der Waals surface area contributed by atoms with Gasteiger partial charge >= 0.3 is 16.2 Å². The van der Waals surface area contributed by atoms with E-state index in [1.54, 1.807) is 6.07 Å². The summed E-state index contributed by atoms with van der Waals surface area (Å²) in [5.74, 6) is -1.42. The number of rotatable bonds is 5. The fourth-order valence-corrected chi connectivity index (χ4v) is 4.36. The Bertz CT molecular complexity index is 777. The van der Waals surface area contributed by atoms with Crippen LogP contribution >= 0.6 is 23.2 Å². The molecule has 0 radical (unpaired) electrons. The smallest absolute Gasteiger partial charge is 0.342 e. The number of likely N-dealkylation sites (N-methyl/N-ethyl adjacent to an activating group) is 1. The quantitative estimate of drug-likeness (QED) is 0.698. The maximum atomic E-state index is 12.4. The first-order valence-corrected chi connectivity index (χ1v) is 9.63. The molecule has 1 amide bonds. The van der Waals surface area contributed by atoms with Crippen molar-refractivity contribution in [3.8, 4) is 0 Å². The van der Waals surface area contributed by atoms with Crippen LogP contribution in [-0.4, -0.2) is 48.7 Å². The number of ether oxygens (including phenoxy) is 1. The molecule has 138 valence electrons. The third kappa shape index (κ3) is 3.92. The average molecular weight is 409 g/mol. The molecule has 0 aliphatic carbocycles. The van der Waals surface area contributed by atoms with Crippen molar-refractivity contribution in [3.63, 3.8) is 0 Å². The van der Waals surface area contributed by atoms with Crippen LogP contribution in [0.1, 0.15) is 30.6 Å². The van der Waals surface area contributed by atoms with Crippen LogP contribution in [0.15, 0.2) is 18.2 Å². The number of carbonyl (C=O) groups is 2. The molecule has 1 heterocycles. The summed E-state index contributed by atoms with van der Waals surface area (Å²) in [4.78, 5) is 24.6. The van der Waals surface area contributed by atoms with E-state index >= 15 is 0 Å². The molecule has 0 unspecified atom stereocenters. The minimum absolute atomic E-state index is 0.0721. The second-order valence-corrected chi connectivity index (χ2v) is 8.74. The van der Waals surface area contributed by atoms with Crippen molar-refractivity contribution in [2.45, 2.75) is 26.3 Å². The van der Waals surface area contributed by atoms with Crippen molar-refractivity contribution in [1.29, 1.82) is 0 Å². The summed E-state index contributed by atoms with van der Waals surface area (Å²) in [5.41, 5.74) is -0.0815. The lowest BCUT2D eigenvalue weighted by molar-refractivity contribution is -0.130. The first kappa shape index (κ1) is 20.0. The number of amides is 1. The molecule has 0 saturated carbocycles. The van der Waals surface area contributed by atoms with E-state index in [0.29, 0.717) is 10.7 Å². The summed E-state index contributed by atoms with van der Waals surface area (Å²) in [7, 11) is -2.71. The van der Waals surface area contributed by atoms with Gasteiger partial charge in [0.05, 0.1) is 15.6 Å². The van der Waals surface area contributed by atoms with E-state index in [2.05, 4.69) is 0 Å². The minimum atomic E-state index is -4.03. The highest BCUT2D eigenvalue weighted by molar-refractivity contribution is 7.87. The van der Waals surface area contributed by atoms with E-state index in [1.807, 2.05) is 13.8 Å². The third-order valence-electron chi connectivity index (χ3n) is 3.79. The predicted molar refractivity (Wildman–Crippen MR) is 93.5 cm³/mol. The van der Waals surface area contributed by atoms with Crippen LogP contribution in [0, 0.1) is 5.92 Å². The lowest BCUT2D eigenvalue weighted by Gasteiger charge is -2.16. The van der Waals surface area contributed by atoms with Gasteiger partial charge in [0.2, 0.25) is 0 Å². The Balaban J connectivity index is 2.17. The molecule has 1 aliphatic rings. The summed E-state index contributed by atoms with van der Waals surface area (Å²) in [6.07, 6.45) is 0.370. The van der Waals surface area contributed by atoms with Crippen molar-refractivity contribution < 1.29 is 22.7 Å². The van der Waals surface area contributed by atoms with Crippen molar-refractivity contribution in [2.24, 2.45) is 5.92 Å². The van der Waals surface area contributed by atoms with Gasteiger partial charge in [0.25, 0.3) is 5.91 Å². The van der Waals surface area contributed by atoms with E-state index in [0.717, 1.165) is 4.31 Å². The van der Waals surface area contributed by atoms with Crippen LogP contribution < -0.4 is 0 Å². The van der Waals surface area contributed by atoms with Crippen LogP contribution in [0.3, 0.4) is 0 Å². The zero-order valence-electron chi connectivity index (χ0n) is 13.9. The second kappa shape index (κ2) is 7.49. The molecule has 0 N–H and O–H groups in total. The zero-order valence-corrected chi connectivity index (χ0v) is 16.2. The monoisotopic (exact) mass is 408 g/mol. The van der Waals surface area contributed by atoms with Gasteiger partial charge in [0, 0.05) is 7.05 Å². The molecule has 1 saturated heterocycles. The van der Waals surface area contributed by atoms with E-state index in [-0.39, 0.29) is 21.5 Å². The zero-order chi connectivity index (χ0) is 18.9. The Labute approximate surface area is 156 Å². The lowest BCUT2D eigenvalue weighted by atomic mass is 10.0. The largest absolute Gasteiger partial charge is 0.439 e. The van der Waals surface area contributed by atoms with E-state index < -0.39 is 34.9 Å². The van der Waals surface area contributed by atoms with Crippen molar-refractivity contribution in [1.82, 2.24) is 8.61 Å². The van der Waals surface area contributed by atoms with Gasteiger partial charge in [-0.25, -0.2) is 4.79 Å². The topological polar surface area (TPSA) is 84.0 Å². The maximum Gasteiger partial charge on any atom is 0.342 e. The molecule has 10 heteroatoms. The summed E-state index contributed by atoms with van der Waals surface area (Å²) >= 11 is 11.8. The molecule has 25 heavy (non-hydrogen) atoms. The van der Waals surface area contributed by atoms with E-state index in [9.17, 15) is 18.0 Å². The fraction of sp³-hybridized carbons (Fsp3) is 0.467. The number of benzene rings is 1. The Morgan fingerprint density at radius 2 is 1.84 bits per heavy atom. The van der Waals surface area contributed by atoms with Gasteiger partial charge in [-0.3, -0.25) is 4.79 Å². The summed E-state index contributed by atoms with van der Waals surface area (Å²) in [6.45, 7) is 3.03. The van der Waals surface area contributed by atoms with Crippen LogP contribution in [0.25, 0.3) is 0 Å². The number of nitrogens with zero attached hydrogens (tertiary/aromatic N) is 2. The molecule has 2 rings (SSSR count). The Kier molecular flexibility index (Phi) is 5.98. The normalized spacial score (nSPS) is 20.3. The van der Waals surface area contributed by atoms with Gasteiger partial charge < -0.3 is 4.74 Å². The molecule has 0 spiro atoms. The SMILES string of the molecule is CC(C)C[C@H]1C(=O)N(COC(=O)c2c(Cl)cccc2Cl)S(=O)(=O)N1C. The number of hydrogen-bond donors (Lipinski definition) is 0. The lowest BCUT2D eigenvalue weighted by Crippen LogP contribution is -2.35. The molecule has 1 aromatic carbocycles. The molecule has 1 aliphatic heterocycles. The van der Waals surface area contributed by atoms with Gasteiger partial charge in [0.15, 0.2) is 6.73 Å². The molecule has 0 aromatic heterocycles. The highest BCUT2D eigenvalue weighted by atomic mass is 35.5. The molecule has 1 aromatic rings. The fourth-order valence-electron chi connectivity index (χ4n) is 2.46. The summed E-state index contributed by atoms with van der Waals surface area (Å²) in [5, 5.41) is 0.144. The molecular formula is C15H18Cl2N2O5S. The third-order valence-corrected chi connectivity index (χ3v) is 6.24. The predicted octanol–water partition coefficient (Wildman–Crippen LogP) is 2.54. The Morgan fingerprint density at radius 3 is 2.36 bits per heavy atom. The first-order chi connectivity index (χ1) is 11.6. The second-order valence-electron chi connectivity index (χ2n) is 6.01. The standard InChI is InChI=1S/C15H18Cl2N2O5S/c1-9(2)7-12-14(20)19(25(22,23)18(12)3)8-24-15(21)13-10(16)5-4-6-11(13)17/h4-6,9,12H,7-8H2,1-3H3/t12-/m0/s1. The van der Waals surface area contributed by atoms with Crippen LogP contribution in [0.4, 0.5) is 0 Å². The van der Waals surface area contributed by atoms with Crippen molar-refractivity contribution in [2.75, 3.05) is 13.8 Å². The van der Waals surface area contributed by atoms with Crippen molar-refractivity contribution >= 4 is 45.3 Å². The minimum Gasteiger partial charge on any atom is -0.439 e. The van der Waals surface area contributed by atoms with Gasteiger partial charge in [-0.2, -0.15) is 17.0 Å². The van der Waals surface area contributed by atoms with Gasteiger partial charge in [-0.05, 0) is 24.5 Å². The van der Waals surface area contributed by atoms with Gasteiger partial charge in [0.1, 0.15) is 6.04 Å². The molecule has 1 fully saturated rings. The number of esters is 1. The molecule has 0 bridgehead atoms. The molecular weight excluding hydrogens is 391 g/mol. The Hall–Kier alpha value is -1.35. The van der Waals surface area contributed by atoms with Gasteiger partial charge in [-0.1, -0.05) is 43.1 Å².